The van der Waals surface area contributed by atoms with E-state index in [2.05, 4.69) is 10.1 Å². The van der Waals surface area contributed by atoms with E-state index < -0.39 is 12.5 Å². The molecular weight excluding hydrogens is 240 g/mol. The highest BCUT2D eigenvalue weighted by Crippen LogP contribution is 2.23. The fraction of sp³-hybridized carbons (Fsp3) is 0.333. The lowest BCUT2D eigenvalue weighted by atomic mass is 10.1. The van der Waals surface area contributed by atoms with Gasteiger partial charge >= 0.3 is 0 Å². The largest absolute Gasteiger partial charge is 0.389 e. The zero-order valence-electron chi connectivity index (χ0n) is 10.0. The number of aliphatic hydroxyl groups excluding tert-OH is 1. The summed E-state index contributed by atoms with van der Waals surface area (Å²) < 4.78 is 26.5. The van der Waals surface area contributed by atoms with Gasteiger partial charge in [0.25, 0.3) is 6.43 Å². The van der Waals surface area contributed by atoms with E-state index in [0.717, 1.165) is 0 Å². The molecule has 0 bridgehead atoms. The Balaban J connectivity index is 2.55. The van der Waals surface area contributed by atoms with Crippen molar-refractivity contribution < 1.29 is 13.9 Å². The van der Waals surface area contributed by atoms with Gasteiger partial charge in [0.1, 0.15) is 5.69 Å². The van der Waals surface area contributed by atoms with E-state index in [1.54, 1.807) is 26.0 Å². The summed E-state index contributed by atoms with van der Waals surface area (Å²) in [5.41, 5.74) is 0.796. The molecule has 0 amide bonds. The lowest BCUT2D eigenvalue weighted by molar-refractivity contribution is 0.145. The van der Waals surface area contributed by atoms with Gasteiger partial charge in [0.2, 0.25) is 0 Å². The van der Waals surface area contributed by atoms with E-state index >= 15 is 0 Å². The Morgan fingerprint density at radius 3 is 2.67 bits per heavy atom. The van der Waals surface area contributed by atoms with Crippen molar-refractivity contribution in [2.24, 2.45) is 0 Å². The Morgan fingerprint density at radius 2 is 2.11 bits per heavy atom. The number of hydrogen-bond acceptors (Lipinski definition) is 3. The third-order valence-electron chi connectivity index (χ3n) is 2.60. The van der Waals surface area contributed by atoms with Crippen LogP contribution in [0.4, 0.5) is 8.78 Å². The van der Waals surface area contributed by atoms with Crippen LogP contribution in [0.25, 0.3) is 5.82 Å². The normalized spacial score (nSPS) is 13.0. The number of rotatable bonds is 3. The van der Waals surface area contributed by atoms with Crippen molar-refractivity contribution >= 4 is 0 Å². The zero-order valence-corrected chi connectivity index (χ0v) is 10.0. The fourth-order valence-electron chi connectivity index (χ4n) is 1.73. The zero-order chi connectivity index (χ0) is 13.3. The number of aromatic nitrogens is 3. The van der Waals surface area contributed by atoms with Crippen molar-refractivity contribution in [2.45, 2.75) is 26.4 Å². The molecular formula is C12H13F2N3O. The predicted molar refractivity (Wildman–Crippen MR) is 61.7 cm³/mol. The second kappa shape index (κ2) is 4.81. The molecule has 0 saturated carbocycles. The van der Waals surface area contributed by atoms with Crippen molar-refractivity contribution in [1.82, 2.24) is 14.8 Å². The SMILES string of the molecule is Cc1cc(C(F)F)nn1-c1ncccc1C(C)O. The lowest BCUT2D eigenvalue weighted by Crippen LogP contribution is -2.08. The van der Waals surface area contributed by atoms with E-state index in [-0.39, 0.29) is 5.69 Å². The number of halogens is 2. The molecule has 0 aliphatic carbocycles. The van der Waals surface area contributed by atoms with Crippen LogP contribution in [0.2, 0.25) is 0 Å². The van der Waals surface area contributed by atoms with Gasteiger partial charge in [-0.15, -0.1) is 0 Å². The van der Waals surface area contributed by atoms with Crippen LogP contribution in [0.15, 0.2) is 24.4 Å². The maximum absolute atomic E-state index is 12.6. The second-order valence-corrected chi connectivity index (χ2v) is 4.02. The molecule has 18 heavy (non-hydrogen) atoms. The molecule has 1 N–H and O–H groups in total. The molecule has 0 aliphatic heterocycles. The summed E-state index contributed by atoms with van der Waals surface area (Å²) in [5, 5.41) is 13.5. The average Bonchev–Trinajstić information content (AvgIpc) is 2.71. The minimum Gasteiger partial charge on any atom is -0.389 e. The quantitative estimate of drug-likeness (QED) is 0.914. The van der Waals surface area contributed by atoms with Crippen LogP contribution in [-0.4, -0.2) is 19.9 Å². The highest BCUT2D eigenvalue weighted by Gasteiger charge is 2.17. The van der Waals surface area contributed by atoms with Gasteiger partial charge in [0.05, 0.1) is 6.10 Å². The molecule has 96 valence electrons. The van der Waals surface area contributed by atoms with Crippen LogP contribution in [0, 0.1) is 6.92 Å². The molecule has 1 unspecified atom stereocenters. The van der Waals surface area contributed by atoms with Crippen molar-refractivity contribution in [1.29, 1.82) is 0 Å². The van der Waals surface area contributed by atoms with Gasteiger partial charge in [-0.05, 0) is 26.0 Å². The van der Waals surface area contributed by atoms with Crippen molar-refractivity contribution in [2.75, 3.05) is 0 Å². The van der Waals surface area contributed by atoms with Crippen LogP contribution < -0.4 is 0 Å². The molecule has 0 fully saturated rings. The first-order valence-corrected chi connectivity index (χ1v) is 5.48. The summed E-state index contributed by atoms with van der Waals surface area (Å²) in [5.74, 6) is 0.372. The third kappa shape index (κ3) is 2.24. The Labute approximate surface area is 103 Å². The molecule has 6 heteroatoms. The summed E-state index contributed by atoms with van der Waals surface area (Å²) >= 11 is 0. The average molecular weight is 253 g/mol. The molecule has 4 nitrogen and oxygen atoms in total. The van der Waals surface area contributed by atoms with Crippen LogP contribution in [-0.2, 0) is 0 Å². The molecule has 0 radical (unpaired) electrons. The molecule has 2 aromatic heterocycles. The fourth-order valence-corrected chi connectivity index (χ4v) is 1.73. The first-order valence-electron chi connectivity index (χ1n) is 5.48. The number of aryl methyl sites for hydroxylation is 1. The van der Waals surface area contributed by atoms with E-state index in [0.29, 0.717) is 17.1 Å². The molecule has 0 aliphatic rings. The standard InChI is InChI=1S/C12H13F2N3O/c1-7-6-10(11(13)14)16-17(7)12-9(8(2)18)4-3-5-15-12/h3-6,8,11,18H,1-2H3. The number of nitrogens with zero attached hydrogens (tertiary/aromatic N) is 3. The summed E-state index contributed by atoms with van der Waals surface area (Å²) in [6, 6.07) is 4.68. The minimum atomic E-state index is -2.62. The van der Waals surface area contributed by atoms with Crippen LogP contribution >= 0.6 is 0 Å². The summed E-state index contributed by atoms with van der Waals surface area (Å²) in [4.78, 5) is 4.10. The Kier molecular flexibility index (Phi) is 3.38. The van der Waals surface area contributed by atoms with Crippen LogP contribution in [0.3, 0.4) is 0 Å². The van der Waals surface area contributed by atoms with E-state index in [1.165, 1.54) is 16.9 Å². The summed E-state index contributed by atoms with van der Waals surface area (Å²) in [7, 11) is 0. The topological polar surface area (TPSA) is 50.9 Å². The molecule has 0 saturated heterocycles. The molecule has 2 aromatic rings. The third-order valence-corrected chi connectivity index (χ3v) is 2.60. The first-order chi connectivity index (χ1) is 8.50. The number of aliphatic hydroxyl groups is 1. The van der Waals surface area contributed by atoms with Crippen molar-refractivity contribution in [3.8, 4) is 5.82 Å². The second-order valence-electron chi connectivity index (χ2n) is 4.02. The monoisotopic (exact) mass is 253 g/mol. The van der Waals surface area contributed by atoms with E-state index in [9.17, 15) is 13.9 Å². The highest BCUT2D eigenvalue weighted by atomic mass is 19.3. The van der Waals surface area contributed by atoms with Gasteiger partial charge in [0.15, 0.2) is 5.82 Å². The van der Waals surface area contributed by atoms with Gasteiger partial charge in [0, 0.05) is 17.5 Å². The van der Waals surface area contributed by atoms with E-state index in [1.807, 2.05) is 0 Å². The number of hydrogen-bond donors (Lipinski definition) is 1. The summed E-state index contributed by atoms with van der Waals surface area (Å²) in [6.45, 7) is 3.26. The summed E-state index contributed by atoms with van der Waals surface area (Å²) in [6.07, 6.45) is -1.83. The Bertz CT molecular complexity index is 552. The highest BCUT2D eigenvalue weighted by molar-refractivity contribution is 5.36. The number of alkyl halides is 2. The van der Waals surface area contributed by atoms with Crippen LogP contribution in [0.1, 0.15) is 36.4 Å². The Hall–Kier alpha value is -1.82. The first kappa shape index (κ1) is 12.6. The van der Waals surface area contributed by atoms with Crippen molar-refractivity contribution in [3.05, 3.63) is 41.3 Å². The lowest BCUT2D eigenvalue weighted by Gasteiger charge is -2.11. The van der Waals surface area contributed by atoms with Gasteiger partial charge in [-0.2, -0.15) is 5.10 Å². The van der Waals surface area contributed by atoms with E-state index in [4.69, 9.17) is 0 Å². The smallest absolute Gasteiger partial charge is 0.282 e. The molecule has 0 spiro atoms. The van der Waals surface area contributed by atoms with Gasteiger partial charge in [-0.1, -0.05) is 6.07 Å². The molecule has 2 rings (SSSR count). The maximum Gasteiger partial charge on any atom is 0.282 e. The predicted octanol–water partition coefficient (Wildman–Crippen LogP) is 2.57. The van der Waals surface area contributed by atoms with Crippen LogP contribution in [0.5, 0.6) is 0 Å². The minimum absolute atomic E-state index is 0.297. The Morgan fingerprint density at radius 1 is 1.39 bits per heavy atom. The maximum atomic E-state index is 12.6. The molecule has 1 atom stereocenters. The molecule has 2 heterocycles. The van der Waals surface area contributed by atoms with Gasteiger partial charge in [-0.25, -0.2) is 18.4 Å². The molecule has 0 aromatic carbocycles. The van der Waals surface area contributed by atoms with Gasteiger partial charge < -0.3 is 5.11 Å². The van der Waals surface area contributed by atoms with Crippen molar-refractivity contribution in [3.63, 3.8) is 0 Å². The number of pyridine rings is 1. The van der Waals surface area contributed by atoms with Gasteiger partial charge in [-0.3, -0.25) is 0 Å².